The molecule has 0 bridgehead atoms. The van der Waals surface area contributed by atoms with Crippen LogP contribution in [0.4, 0.5) is 0 Å². The minimum absolute atomic E-state index is 0.710. The molecule has 0 aliphatic heterocycles. The lowest BCUT2D eigenvalue weighted by Crippen LogP contribution is -2.37. The van der Waals surface area contributed by atoms with Crippen LogP contribution in [0.25, 0.3) is 0 Å². The molecule has 0 radical (unpaired) electrons. The first kappa shape index (κ1) is 18.7. The lowest BCUT2D eigenvalue weighted by Gasteiger charge is -2.15. The van der Waals surface area contributed by atoms with Gasteiger partial charge in [0.05, 0.1) is 6.61 Å². The van der Waals surface area contributed by atoms with E-state index in [-0.39, 0.29) is 0 Å². The maximum absolute atomic E-state index is 5.84. The van der Waals surface area contributed by atoms with Crippen molar-refractivity contribution in [2.24, 2.45) is 4.99 Å². The number of aliphatic imine (C=N–C) groups is 1. The summed E-state index contributed by atoms with van der Waals surface area (Å²) in [5, 5.41) is 6.68. The van der Waals surface area contributed by atoms with Gasteiger partial charge in [0.2, 0.25) is 0 Å². The largest absolute Gasteiger partial charge is 0.493 e. The Morgan fingerprint density at radius 3 is 2.82 bits per heavy atom. The molecule has 4 nitrogen and oxygen atoms in total. The van der Waals surface area contributed by atoms with Crippen LogP contribution in [0.2, 0.25) is 0 Å². The summed E-state index contributed by atoms with van der Waals surface area (Å²) in [6.45, 7) is 6.60. The van der Waals surface area contributed by atoms with E-state index >= 15 is 0 Å². The van der Waals surface area contributed by atoms with Gasteiger partial charge in [-0.05, 0) is 43.4 Å². The van der Waals surface area contributed by atoms with Crippen molar-refractivity contribution in [1.29, 1.82) is 0 Å². The van der Waals surface area contributed by atoms with Crippen LogP contribution in [0.3, 0.4) is 0 Å². The first-order chi connectivity index (χ1) is 10.7. The van der Waals surface area contributed by atoms with E-state index in [1.807, 2.05) is 11.8 Å². The second-order valence-electron chi connectivity index (χ2n) is 5.16. The molecule has 5 heteroatoms. The maximum atomic E-state index is 5.84. The summed E-state index contributed by atoms with van der Waals surface area (Å²) in [5.41, 5.74) is 2.38. The smallest absolute Gasteiger partial charge is 0.191 e. The van der Waals surface area contributed by atoms with E-state index in [0.29, 0.717) is 6.54 Å². The lowest BCUT2D eigenvalue weighted by atomic mass is 10.1. The first-order valence-corrected chi connectivity index (χ1v) is 9.26. The molecule has 0 aliphatic carbocycles. The van der Waals surface area contributed by atoms with Crippen molar-refractivity contribution in [3.8, 4) is 5.75 Å². The van der Waals surface area contributed by atoms with Crippen molar-refractivity contribution >= 4 is 17.7 Å². The number of benzene rings is 1. The first-order valence-electron chi connectivity index (χ1n) is 7.87. The molecular weight excluding hydrogens is 294 g/mol. The Morgan fingerprint density at radius 1 is 1.32 bits per heavy atom. The number of thioether (sulfide) groups is 1. The van der Waals surface area contributed by atoms with Crippen LogP contribution in [0.5, 0.6) is 5.75 Å². The molecule has 124 valence electrons. The van der Waals surface area contributed by atoms with Crippen molar-refractivity contribution in [3.05, 3.63) is 29.3 Å². The third kappa shape index (κ3) is 7.07. The zero-order valence-corrected chi connectivity index (χ0v) is 15.1. The fourth-order valence-electron chi connectivity index (χ4n) is 1.98. The highest BCUT2D eigenvalue weighted by molar-refractivity contribution is 7.98. The fourth-order valence-corrected chi connectivity index (χ4v) is 2.41. The highest BCUT2D eigenvalue weighted by Crippen LogP contribution is 2.20. The summed E-state index contributed by atoms with van der Waals surface area (Å²) in [6, 6.07) is 6.33. The van der Waals surface area contributed by atoms with Gasteiger partial charge in [0.15, 0.2) is 5.96 Å². The van der Waals surface area contributed by atoms with Crippen LogP contribution in [-0.2, 0) is 6.54 Å². The Kier molecular flexibility index (Phi) is 9.55. The Balaban J connectivity index is 2.54. The number of hydrogen-bond donors (Lipinski definition) is 2. The summed E-state index contributed by atoms with van der Waals surface area (Å²) in [5.74, 6) is 2.96. The summed E-state index contributed by atoms with van der Waals surface area (Å²) in [6.07, 6.45) is 4.28. The molecule has 0 fully saturated rings. The molecule has 22 heavy (non-hydrogen) atoms. The Morgan fingerprint density at radius 2 is 2.14 bits per heavy atom. The number of aryl methyl sites for hydroxylation is 1. The minimum Gasteiger partial charge on any atom is -0.493 e. The Labute approximate surface area is 139 Å². The van der Waals surface area contributed by atoms with Gasteiger partial charge in [-0.25, -0.2) is 0 Å². The minimum atomic E-state index is 0.710. The molecule has 1 aromatic carbocycles. The highest BCUT2D eigenvalue weighted by atomic mass is 32.2. The number of guanidine groups is 1. The van der Waals surface area contributed by atoms with Crippen molar-refractivity contribution in [2.45, 2.75) is 33.2 Å². The third-order valence-corrected chi connectivity index (χ3v) is 3.87. The van der Waals surface area contributed by atoms with Gasteiger partial charge in [-0.3, -0.25) is 4.99 Å². The average molecular weight is 324 g/mol. The van der Waals surface area contributed by atoms with Gasteiger partial charge in [-0.2, -0.15) is 11.8 Å². The van der Waals surface area contributed by atoms with Crippen LogP contribution in [0.15, 0.2) is 23.2 Å². The number of ether oxygens (including phenoxy) is 1. The second kappa shape index (κ2) is 11.2. The van der Waals surface area contributed by atoms with Crippen LogP contribution in [0, 0.1) is 6.92 Å². The molecule has 2 N–H and O–H groups in total. The molecule has 0 atom stereocenters. The topological polar surface area (TPSA) is 45.6 Å². The number of hydrogen-bond acceptors (Lipinski definition) is 3. The molecule has 0 amide bonds. The zero-order chi connectivity index (χ0) is 16.2. The number of rotatable bonds is 9. The summed E-state index contributed by atoms with van der Waals surface area (Å²) in [7, 11) is 1.80. The van der Waals surface area contributed by atoms with Crippen LogP contribution in [0.1, 0.15) is 30.9 Å². The van der Waals surface area contributed by atoms with Gasteiger partial charge in [-0.1, -0.05) is 19.1 Å². The monoisotopic (exact) mass is 323 g/mol. The average Bonchev–Trinajstić information content (AvgIpc) is 2.53. The second-order valence-corrected chi connectivity index (χ2v) is 6.14. The van der Waals surface area contributed by atoms with Crippen molar-refractivity contribution in [2.75, 3.05) is 32.2 Å². The molecule has 0 unspecified atom stereocenters. The lowest BCUT2D eigenvalue weighted by molar-refractivity contribution is 0.313. The highest BCUT2D eigenvalue weighted by Gasteiger charge is 2.05. The van der Waals surface area contributed by atoms with Crippen LogP contribution in [-0.4, -0.2) is 38.2 Å². The number of nitrogens with zero attached hydrogens (tertiary/aromatic N) is 1. The van der Waals surface area contributed by atoms with E-state index in [0.717, 1.165) is 49.0 Å². The van der Waals surface area contributed by atoms with E-state index in [4.69, 9.17) is 4.74 Å². The maximum Gasteiger partial charge on any atom is 0.191 e. The normalized spacial score (nSPS) is 11.4. The molecule has 0 saturated carbocycles. The molecule has 1 aromatic rings. The fraction of sp³-hybridized carbons (Fsp3) is 0.588. The summed E-state index contributed by atoms with van der Waals surface area (Å²) < 4.78 is 5.84. The van der Waals surface area contributed by atoms with Crippen LogP contribution < -0.4 is 15.4 Å². The van der Waals surface area contributed by atoms with Crippen LogP contribution >= 0.6 is 11.8 Å². The van der Waals surface area contributed by atoms with E-state index in [1.54, 1.807) is 7.05 Å². The zero-order valence-electron chi connectivity index (χ0n) is 14.2. The predicted octanol–water partition coefficient (Wildman–Crippen LogP) is 3.20. The van der Waals surface area contributed by atoms with Gasteiger partial charge in [0.25, 0.3) is 0 Å². The predicted molar refractivity (Wildman–Crippen MR) is 98.2 cm³/mol. The molecule has 0 heterocycles. The quantitative estimate of drug-likeness (QED) is 0.416. The standard InChI is InChI=1S/C17H29N3OS/c1-5-10-21-16-12-14(2)7-8-15(16)13-20-17(18-3)19-9-6-11-22-4/h7-8,12H,5-6,9-11,13H2,1-4H3,(H2,18,19,20). The van der Waals surface area contributed by atoms with Gasteiger partial charge in [0, 0.05) is 25.7 Å². The van der Waals surface area contributed by atoms with Crippen molar-refractivity contribution < 1.29 is 4.74 Å². The van der Waals surface area contributed by atoms with Gasteiger partial charge in [0.1, 0.15) is 5.75 Å². The van der Waals surface area contributed by atoms with E-state index in [9.17, 15) is 0 Å². The number of nitrogens with one attached hydrogen (secondary N) is 2. The molecule has 0 aromatic heterocycles. The van der Waals surface area contributed by atoms with Gasteiger partial charge in [-0.15, -0.1) is 0 Å². The molecule has 0 spiro atoms. The molecular formula is C17H29N3OS. The SMILES string of the molecule is CCCOc1cc(C)ccc1CNC(=NC)NCCCSC. The van der Waals surface area contributed by atoms with Crippen molar-refractivity contribution in [3.63, 3.8) is 0 Å². The molecule has 0 saturated heterocycles. The Bertz CT molecular complexity index is 463. The van der Waals surface area contributed by atoms with Gasteiger partial charge < -0.3 is 15.4 Å². The summed E-state index contributed by atoms with van der Waals surface area (Å²) >= 11 is 1.87. The van der Waals surface area contributed by atoms with E-state index in [1.165, 1.54) is 5.56 Å². The van der Waals surface area contributed by atoms with E-state index in [2.05, 4.69) is 53.9 Å². The molecule has 0 aliphatic rings. The Hall–Kier alpha value is -1.36. The van der Waals surface area contributed by atoms with E-state index < -0.39 is 0 Å². The van der Waals surface area contributed by atoms with Crippen molar-refractivity contribution in [1.82, 2.24) is 10.6 Å². The van der Waals surface area contributed by atoms with Gasteiger partial charge >= 0.3 is 0 Å². The molecule has 1 rings (SSSR count). The third-order valence-electron chi connectivity index (χ3n) is 3.17. The summed E-state index contributed by atoms with van der Waals surface area (Å²) in [4.78, 5) is 4.26.